The van der Waals surface area contributed by atoms with Gasteiger partial charge in [-0.25, -0.2) is 9.37 Å². The van der Waals surface area contributed by atoms with Gasteiger partial charge in [-0.15, -0.1) is 11.3 Å². The van der Waals surface area contributed by atoms with Gasteiger partial charge in [-0.2, -0.15) is 0 Å². The number of nitrogens with zero attached hydrogens (tertiary/aromatic N) is 1. The van der Waals surface area contributed by atoms with Crippen LogP contribution in [0.1, 0.15) is 16.3 Å². The van der Waals surface area contributed by atoms with Crippen LogP contribution in [0.15, 0.2) is 28.1 Å². The van der Waals surface area contributed by atoms with Crippen molar-refractivity contribution in [2.75, 3.05) is 7.05 Å². The third kappa shape index (κ3) is 4.09. The van der Waals surface area contributed by atoms with E-state index in [2.05, 4.69) is 31.6 Å². The van der Waals surface area contributed by atoms with Crippen molar-refractivity contribution in [3.05, 3.63) is 50.1 Å². The first-order valence-corrected chi connectivity index (χ1v) is 7.78. The van der Waals surface area contributed by atoms with Crippen molar-refractivity contribution in [1.29, 1.82) is 0 Å². The summed E-state index contributed by atoms with van der Waals surface area (Å²) in [6, 6.07) is 5.24. The van der Waals surface area contributed by atoms with E-state index in [0.29, 0.717) is 6.42 Å². The molecule has 1 atom stereocenters. The summed E-state index contributed by atoms with van der Waals surface area (Å²) in [6.45, 7) is 2.00. The molecule has 0 saturated heterocycles. The highest BCUT2D eigenvalue weighted by Crippen LogP contribution is 2.18. The van der Waals surface area contributed by atoms with E-state index in [9.17, 15) is 4.39 Å². The van der Waals surface area contributed by atoms with Crippen molar-refractivity contribution >= 4 is 27.3 Å². The fraction of sp³-hybridized carbons (Fsp3) is 0.357. The van der Waals surface area contributed by atoms with Crippen LogP contribution >= 0.6 is 27.3 Å². The number of hydrogen-bond donors (Lipinski definition) is 1. The highest BCUT2D eigenvalue weighted by molar-refractivity contribution is 9.10. The van der Waals surface area contributed by atoms with Crippen LogP contribution in [0.5, 0.6) is 0 Å². The fourth-order valence-electron chi connectivity index (χ4n) is 2.00. The van der Waals surface area contributed by atoms with Crippen LogP contribution in [0, 0.1) is 12.7 Å². The molecule has 0 saturated carbocycles. The monoisotopic (exact) mass is 342 g/mol. The van der Waals surface area contributed by atoms with Crippen molar-refractivity contribution < 1.29 is 4.39 Å². The molecule has 0 aliphatic carbocycles. The van der Waals surface area contributed by atoms with Crippen molar-refractivity contribution in [3.8, 4) is 0 Å². The fourth-order valence-corrected chi connectivity index (χ4v) is 3.03. The van der Waals surface area contributed by atoms with Gasteiger partial charge in [0.2, 0.25) is 0 Å². The molecule has 2 nitrogen and oxygen atoms in total. The Balaban J connectivity index is 2.08. The van der Waals surface area contributed by atoms with Gasteiger partial charge in [-0.1, -0.05) is 15.9 Å². The van der Waals surface area contributed by atoms with E-state index >= 15 is 0 Å². The second-order valence-corrected chi connectivity index (χ2v) is 6.47. The normalized spacial score (nSPS) is 12.6. The van der Waals surface area contributed by atoms with Gasteiger partial charge in [0.15, 0.2) is 0 Å². The highest BCUT2D eigenvalue weighted by atomic mass is 79.9. The molecule has 0 radical (unpaired) electrons. The van der Waals surface area contributed by atoms with E-state index in [1.807, 2.05) is 20.0 Å². The summed E-state index contributed by atoms with van der Waals surface area (Å²) < 4.78 is 14.7. The SMILES string of the molecule is CNC(Cc1csc(C)n1)Cc1cc(Br)ccc1F. The zero-order valence-electron chi connectivity index (χ0n) is 10.9. The molecule has 0 fully saturated rings. The van der Waals surface area contributed by atoms with E-state index in [1.54, 1.807) is 17.4 Å². The number of aromatic nitrogens is 1. The molecule has 1 aromatic carbocycles. The molecule has 0 aliphatic heterocycles. The third-order valence-electron chi connectivity index (χ3n) is 3.00. The van der Waals surface area contributed by atoms with E-state index in [-0.39, 0.29) is 11.9 Å². The minimum absolute atomic E-state index is 0.155. The zero-order valence-corrected chi connectivity index (χ0v) is 13.3. The van der Waals surface area contributed by atoms with Crippen LogP contribution in [-0.2, 0) is 12.8 Å². The summed E-state index contributed by atoms with van der Waals surface area (Å²) in [5, 5.41) is 6.37. The Kier molecular flexibility index (Phi) is 5.07. The predicted octanol–water partition coefficient (Wildman–Crippen LogP) is 3.73. The zero-order chi connectivity index (χ0) is 13.8. The summed E-state index contributed by atoms with van der Waals surface area (Å²) in [5.41, 5.74) is 1.79. The molecule has 0 bridgehead atoms. The van der Waals surface area contributed by atoms with Gasteiger partial charge < -0.3 is 5.32 Å². The first-order chi connectivity index (χ1) is 9.08. The van der Waals surface area contributed by atoms with Crippen LogP contribution in [0.3, 0.4) is 0 Å². The van der Waals surface area contributed by atoms with Crippen LogP contribution in [0.4, 0.5) is 4.39 Å². The number of aryl methyl sites for hydroxylation is 1. The number of rotatable bonds is 5. The number of benzene rings is 1. The van der Waals surface area contributed by atoms with E-state index in [4.69, 9.17) is 0 Å². The lowest BCUT2D eigenvalue weighted by molar-refractivity contribution is 0.528. The summed E-state index contributed by atoms with van der Waals surface area (Å²) >= 11 is 5.03. The summed E-state index contributed by atoms with van der Waals surface area (Å²) in [7, 11) is 1.90. The lowest BCUT2D eigenvalue weighted by atomic mass is 10.0. The van der Waals surface area contributed by atoms with Gasteiger partial charge in [0, 0.05) is 22.3 Å². The van der Waals surface area contributed by atoms with Crippen LogP contribution < -0.4 is 5.32 Å². The van der Waals surface area contributed by atoms with E-state index in [1.165, 1.54) is 6.07 Å². The Morgan fingerprint density at radius 1 is 1.42 bits per heavy atom. The molecule has 1 heterocycles. The average molecular weight is 343 g/mol. The Bertz CT molecular complexity index is 556. The largest absolute Gasteiger partial charge is 0.316 e. The Hall–Kier alpha value is -0.780. The van der Waals surface area contributed by atoms with Crippen LogP contribution in [-0.4, -0.2) is 18.1 Å². The molecule has 1 unspecified atom stereocenters. The molecule has 1 aromatic heterocycles. The van der Waals surface area contributed by atoms with Gasteiger partial charge in [-0.3, -0.25) is 0 Å². The molecule has 0 spiro atoms. The molecule has 5 heteroatoms. The van der Waals surface area contributed by atoms with E-state index < -0.39 is 0 Å². The maximum Gasteiger partial charge on any atom is 0.126 e. The number of thiazole rings is 1. The Morgan fingerprint density at radius 2 is 2.21 bits per heavy atom. The molecule has 1 N–H and O–H groups in total. The van der Waals surface area contributed by atoms with Gasteiger partial charge in [-0.05, 0) is 44.2 Å². The average Bonchev–Trinajstić information content (AvgIpc) is 2.78. The van der Waals surface area contributed by atoms with Crippen LogP contribution in [0.2, 0.25) is 0 Å². The maximum atomic E-state index is 13.7. The molecule has 0 amide bonds. The van der Waals surface area contributed by atoms with Gasteiger partial charge in [0.25, 0.3) is 0 Å². The molecular formula is C14H16BrFN2S. The number of hydrogen-bond acceptors (Lipinski definition) is 3. The molecule has 19 heavy (non-hydrogen) atoms. The lowest BCUT2D eigenvalue weighted by Crippen LogP contribution is -2.30. The van der Waals surface area contributed by atoms with Crippen molar-refractivity contribution in [2.24, 2.45) is 0 Å². The topological polar surface area (TPSA) is 24.9 Å². The second-order valence-electron chi connectivity index (χ2n) is 4.49. The molecule has 2 aromatic rings. The number of halogens is 2. The van der Waals surface area contributed by atoms with Gasteiger partial charge in [0.05, 0.1) is 10.7 Å². The van der Waals surface area contributed by atoms with Crippen molar-refractivity contribution in [3.63, 3.8) is 0 Å². The third-order valence-corrected chi connectivity index (χ3v) is 4.32. The van der Waals surface area contributed by atoms with Gasteiger partial charge >= 0.3 is 0 Å². The Labute approximate surface area is 125 Å². The second kappa shape index (κ2) is 6.59. The minimum Gasteiger partial charge on any atom is -0.316 e. The minimum atomic E-state index is -0.155. The van der Waals surface area contributed by atoms with E-state index in [0.717, 1.165) is 27.2 Å². The summed E-state index contributed by atoms with van der Waals surface area (Å²) in [4.78, 5) is 4.46. The number of nitrogens with one attached hydrogen (secondary N) is 1. The molecular weight excluding hydrogens is 327 g/mol. The molecule has 0 aliphatic rings. The molecule has 2 rings (SSSR count). The first-order valence-electron chi connectivity index (χ1n) is 6.10. The number of likely N-dealkylation sites (N-methyl/N-ethyl adjacent to an activating group) is 1. The quantitative estimate of drug-likeness (QED) is 0.895. The van der Waals surface area contributed by atoms with Crippen LogP contribution in [0.25, 0.3) is 0 Å². The first kappa shape index (κ1) is 14.6. The van der Waals surface area contributed by atoms with Crippen molar-refractivity contribution in [1.82, 2.24) is 10.3 Å². The standard InChI is InChI=1S/C14H16BrFN2S/c1-9-18-13(8-19-9)7-12(17-2)6-10-5-11(15)3-4-14(10)16/h3-5,8,12,17H,6-7H2,1-2H3. The predicted molar refractivity (Wildman–Crippen MR) is 81.2 cm³/mol. The lowest BCUT2D eigenvalue weighted by Gasteiger charge is -2.15. The Morgan fingerprint density at radius 3 is 2.84 bits per heavy atom. The summed E-state index contributed by atoms with van der Waals surface area (Å²) in [6.07, 6.45) is 1.46. The highest BCUT2D eigenvalue weighted by Gasteiger charge is 2.13. The maximum absolute atomic E-state index is 13.7. The summed E-state index contributed by atoms with van der Waals surface area (Å²) in [5.74, 6) is -0.155. The molecule has 102 valence electrons. The smallest absolute Gasteiger partial charge is 0.126 e. The van der Waals surface area contributed by atoms with Crippen molar-refractivity contribution in [2.45, 2.75) is 25.8 Å². The van der Waals surface area contributed by atoms with Gasteiger partial charge in [0.1, 0.15) is 5.82 Å².